The summed E-state index contributed by atoms with van der Waals surface area (Å²) < 4.78 is 5.40. The maximum absolute atomic E-state index is 11.5. The molecule has 16 heavy (non-hydrogen) atoms. The molecule has 0 saturated carbocycles. The summed E-state index contributed by atoms with van der Waals surface area (Å²) in [6.45, 7) is 2.21. The van der Waals surface area contributed by atoms with Crippen LogP contribution in [-0.2, 0) is 9.53 Å². The van der Waals surface area contributed by atoms with Crippen LogP contribution in [0.1, 0.15) is 32.6 Å². The Bertz CT molecular complexity index is 405. The third kappa shape index (κ3) is 1.17. The third-order valence-corrected chi connectivity index (χ3v) is 4.20. The van der Waals surface area contributed by atoms with Crippen LogP contribution in [0.25, 0.3) is 0 Å². The Hall–Kier alpha value is -1.25. The van der Waals surface area contributed by atoms with Crippen molar-refractivity contribution < 1.29 is 14.6 Å². The Morgan fingerprint density at radius 3 is 3.06 bits per heavy atom. The van der Waals surface area contributed by atoms with Crippen LogP contribution in [-0.4, -0.2) is 17.2 Å². The van der Waals surface area contributed by atoms with Gasteiger partial charge in [-0.3, -0.25) is 0 Å². The highest BCUT2D eigenvalue weighted by Gasteiger charge is 2.49. The SMILES string of the molecule is CC1CCCC2=C1C1OC(=O)/C(=C/O)[C@H]1C2. The minimum Gasteiger partial charge on any atom is -0.515 e. The molecule has 2 aliphatic carbocycles. The van der Waals surface area contributed by atoms with Crippen LogP contribution in [0.5, 0.6) is 0 Å². The van der Waals surface area contributed by atoms with E-state index in [1.165, 1.54) is 24.0 Å². The summed E-state index contributed by atoms with van der Waals surface area (Å²) in [5.74, 6) is 0.287. The van der Waals surface area contributed by atoms with Gasteiger partial charge in [-0.1, -0.05) is 12.5 Å². The lowest BCUT2D eigenvalue weighted by molar-refractivity contribution is -0.138. The highest BCUT2D eigenvalue weighted by molar-refractivity contribution is 5.92. The molecule has 2 unspecified atom stereocenters. The maximum atomic E-state index is 11.5. The quantitative estimate of drug-likeness (QED) is 0.295. The van der Waals surface area contributed by atoms with Crippen LogP contribution in [0.4, 0.5) is 0 Å². The molecule has 3 rings (SSSR count). The van der Waals surface area contributed by atoms with Crippen LogP contribution < -0.4 is 0 Å². The predicted octanol–water partition coefficient (Wildman–Crippen LogP) is 2.49. The van der Waals surface area contributed by atoms with Crippen LogP contribution >= 0.6 is 0 Å². The van der Waals surface area contributed by atoms with Gasteiger partial charge in [0.1, 0.15) is 6.10 Å². The molecule has 0 amide bonds. The third-order valence-electron chi connectivity index (χ3n) is 4.20. The van der Waals surface area contributed by atoms with Gasteiger partial charge in [0.05, 0.1) is 11.8 Å². The molecule has 0 aromatic rings. The molecule has 1 aliphatic heterocycles. The van der Waals surface area contributed by atoms with Crippen molar-refractivity contribution in [1.82, 2.24) is 0 Å². The van der Waals surface area contributed by atoms with Gasteiger partial charge in [-0.15, -0.1) is 0 Å². The minimum atomic E-state index is -0.332. The van der Waals surface area contributed by atoms with Crippen LogP contribution in [0, 0.1) is 11.8 Å². The summed E-state index contributed by atoms with van der Waals surface area (Å²) in [5.41, 5.74) is 3.29. The molecule has 0 bridgehead atoms. The van der Waals surface area contributed by atoms with Crippen molar-refractivity contribution in [3.8, 4) is 0 Å². The first-order chi connectivity index (χ1) is 7.72. The Labute approximate surface area is 94.8 Å². The molecular weight excluding hydrogens is 204 g/mol. The zero-order valence-corrected chi connectivity index (χ0v) is 9.40. The number of fused-ring (bicyclic) bond motifs is 2. The van der Waals surface area contributed by atoms with E-state index in [0.29, 0.717) is 11.5 Å². The number of hydrogen-bond acceptors (Lipinski definition) is 3. The molecule has 0 aromatic heterocycles. The van der Waals surface area contributed by atoms with E-state index < -0.39 is 0 Å². The largest absolute Gasteiger partial charge is 0.515 e. The second-order valence-corrected chi connectivity index (χ2v) is 5.07. The van der Waals surface area contributed by atoms with E-state index in [1.54, 1.807) is 0 Å². The lowest BCUT2D eigenvalue weighted by Gasteiger charge is -2.24. The van der Waals surface area contributed by atoms with Crippen LogP contribution in [0.15, 0.2) is 23.0 Å². The van der Waals surface area contributed by atoms with Gasteiger partial charge in [0.2, 0.25) is 0 Å². The number of carbonyl (C=O) groups is 1. The van der Waals surface area contributed by atoms with Crippen molar-refractivity contribution in [3.63, 3.8) is 0 Å². The van der Waals surface area contributed by atoms with E-state index in [1.807, 2.05) is 0 Å². The van der Waals surface area contributed by atoms with Crippen molar-refractivity contribution >= 4 is 5.97 Å². The van der Waals surface area contributed by atoms with Gasteiger partial charge in [0.25, 0.3) is 0 Å². The summed E-state index contributed by atoms with van der Waals surface area (Å²) >= 11 is 0. The van der Waals surface area contributed by atoms with Crippen molar-refractivity contribution in [3.05, 3.63) is 23.0 Å². The Morgan fingerprint density at radius 2 is 2.31 bits per heavy atom. The van der Waals surface area contributed by atoms with Gasteiger partial charge in [0, 0.05) is 5.92 Å². The first kappa shape index (κ1) is 9.94. The number of rotatable bonds is 0. The van der Waals surface area contributed by atoms with E-state index in [0.717, 1.165) is 19.1 Å². The molecule has 0 spiro atoms. The average molecular weight is 220 g/mol. The van der Waals surface area contributed by atoms with Crippen LogP contribution in [0.3, 0.4) is 0 Å². The molecule has 1 heterocycles. The van der Waals surface area contributed by atoms with Gasteiger partial charge >= 0.3 is 5.97 Å². The maximum Gasteiger partial charge on any atom is 0.338 e. The van der Waals surface area contributed by atoms with Gasteiger partial charge in [-0.05, 0) is 37.2 Å². The first-order valence-electron chi connectivity index (χ1n) is 5.99. The summed E-state index contributed by atoms with van der Waals surface area (Å²) in [6.07, 6.45) is 5.35. The minimum absolute atomic E-state index is 0.0730. The Kier molecular flexibility index (Phi) is 2.09. The van der Waals surface area contributed by atoms with E-state index in [2.05, 4.69) is 6.92 Å². The number of hydrogen-bond donors (Lipinski definition) is 1. The second kappa shape index (κ2) is 3.37. The molecular formula is C13H16O3. The lowest BCUT2D eigenvalue weighted by atomic mass is 9.84. The molecule has 3 nitrogen and oxygen atoms in total. The van der Waals surface area contributed by atoms with E-state index in [-0.39, 0.29) is 18.0 Å². The molecule has 3 atom stereocenters. The Morgan fingerprint density at radius 1 is 1.50 bits per heavy atom. The molecule has 0 aromatic carbocycles. The number of esters is 1. The fraction of sp³-hybridized carbons (Fsp3) is 0.615. The summed E-state index contributed by atoms with van der Waals surface area (Å²) in [7, 11) is 0. The highest BCUT2D eigenvalue weighted by atomic mass is 16.6. The fourth-order valence-corrected chi connectivity index (χ4v) is 3.46. The van der Waals surface area contributed by atoms with E-state index >= 15 is 0 Å². The van der Waals surface area contributed by atoms with Crippen molar-refractivity contribution in [1.29, 1.82) is 0 Å². The summed E-state index contributed by atoms with van der Waals surface area (Å²) in [6, 6.07) is 0. The number of aliphatic hydroxyl groups excluding tert-OH is 1. The normalized spacial score (nSPS) is 39.9. The Balaban J connectivity index is 1.98. The van der Waals surface area contributed by atoms with Crippen molar-refractivity contribution in [2.75, 3.05) is 0 Å². The number of allylic oxidation sites excluding steroid dienone is 1. The van der Waals surface area contributed by atoms with Crippen molar-refractivity contribution in [2.45, 2.75) is 38.7 Å². The van der Waals surface area contributed by atoms with Gasteiger partial charge < -0.3 is 9.84 Å². The topological polar surface area (TPSA) is 46.5 Å². The number of ether oxygens (including phenoxy) is 1. The molecule has 1 fully saturated rings. The molecule has 1 N–H and O–H groups in total. The molecule has 3 heteroatoms. The van der Waals surface area contributed by atoms with E-state index in [9.17, 15) is 4.79 Å². The zero-order chi connectivity index (χ0) is 11.3. The lowest BCUT2D eigenvalue weighted by Crippen LogP contribution is -2.19. The molecule has 86 valence electrons. The standard InChI is InChI=1S/C13H16O3/c1-7-3-2-4-8-5-9-10(6-14)13(15)16-12(9)11(7)8/h6-7,9,12,14H,2-5H2,1H3/b10-6+/t7?,9-,12?/m1/s1. The number of aliphatic hydroxyl groups is 1. The monoisotopic (exact) mass is 220 g/mol. The molecule has 1 saturated heterocycles. The second-order valence-electron chi connectivity index (χ2n) is 5.07. The average Bonchev–Trinajstić information content (AvgIpc) is 2.72. The van der Waals surface area contributed by atoms with Crippen molar-refractivity contribution in [2.24, 2.45) is 11.8 Å². The smallest absolute Gasteiger partial charge is 0.338 e. The summed E-state index contributed by atoms with van der Waals surface area (Å²) in [4.78, 5) is 11.5. The highest BCUT2D eigenvalue weighted by Crippen LogP contribution is 2.50. The molecule has 0 radical (unpaired) electrons. The summed E-state index contributed by atoms with van der Waals surface area (Å²) in [5, 5.41) is 9.10. The molecule has 3 aliphatic rings. The zero-order valence-electron chi connectivity index (χ0n) is 9.40. The predicted molar refractivity (Wildman–Crippen MR) is 58.7 cm³/mol. The first-order valence-corrected chi connectivity index (χ1v) is 5.99. The fourth-order valence-electron chi connectivity index (χ4n) is 3.46. The number of carbonyl (C=O) groups excluding carboxylic acids is 1. The van der Waals surface area contributed by atoms with Gasteiger partial charge in [0.15, 0.2) is 0 Å². The van der Waals surface area contributed by atoms with Gasteiger partial charge in [-0.2, -0.15) is 0 Å². The van der Waals surface area contributed by atoms with Crippen LogP contribution in [0.2, 0.25) is 0 Å². The van der Waals surface area contributed by atoms with Gasteiger partial charge in [-0.25, -0.2) is 4.79 Å². The van der Waals surface area contributed by atoms with E-state index in [4.69, 9.17) is 9.84 Å².